The number of morpholine rings is 1. The number of amides is 1. The van der Waals surface area contributed by atoms with Gasteiger partial charge < -0.3 is 15.4 Å². The lowest BCUT2D eigenvalue weighted by atomic mass is 10.1. The largest absolute Gasteiger partial charge is 0.377 e. The van der Waals surface area contributed by atoms with Crippen molar-refractivity contribution in [3.63, 3.8) is 0 Å². The Hall–Kier alpha value is -1.10. The molecule has 2 fully saturated rings. The predicted octanol–water partition coefficient (Wildman–Crippen LogP) is 1.82. The number of carbonyl (C=O) groups is 1. The lowest BCUT2D eigenvalue weighted by molar-refractivity contribution is -0.00834. The molecule has 4 nitrogen and oxygen atoms in total. The number of benzene rings is 1. The first-order valence-electron chi connectivity index (χ1n) is 6.97. The van der Waals surface area contributed by atoms with Crippen LogP contribution in [0.5, 0.6) is 0 Å². The van der Waals surface area contributed by atoms with Gasteiger partial charge in [-0.25, -0.2) is 0 Å². The number of halogens is 1. The van der Waals surface area contributed by atoms with Crippen LogP contribution in [-0.4, -0.2) is 36.6 Å². The summed E-state index contributed by atoms with van der Waals surface area (Å²) in [7, 11) is 0. The topological polar surface area (TPSA) is 55.6 Å². The third-order valence-corrected chi connectivity index (χ3v) is 4.03. The van der Waals surface area contributed by atoms with E-state index in [1.165, 1.54) is 12.8 Å². The molecule has 1 heterocycles. The van der Waals surface area contributed by atoms with E-state index in [1.54, 1.807) is 0 Å². The van der Waals surface area contributed by atoms with Gasteiger partial charge in [0.15, 0.2) is 0 Å². The van der Waals surface area contributed by atoms with Gasteiger partial charge in [-0.3, -0.25) is 4.79 Å². The molecule has 110 valence electrons. The predicted molar refractivity (Wildman–Crippen MR) is 79.9 cm³/mol. The van der Waals surface area contributed by atoms with Gasteiger partial charge in [0.1, 0.15) is 0 Å². The summed E-state index contributed by atoms with van der Waals surface area (Å²) in [5, 5.41) is 0. The quantitative estimate of drug-likeness (QED) is 0.926. The van der Waals surface area contributed by atoms with Crippen LogP contribution in [0.15, 0.2) is 24.3 Å². The van der Waals surface area contributed by atoms with E-state index in [4.69, 9.17) is 10.5 Å². The smallest absolute Gasteiger partial charge is 0.254 e. The van der Waals surface area contributed by atoms with Crippen molar-refractivity contribution >= 4 is 18.3 Å². The van der Waals surface area contributed by atoms with Gasteiger partial charge in [-0.15, -0.1) is 12.4 Å². The summed E-state index contributed by atoms with van der Waals surface area (Å²) in [5.74, 6) is 0.774. The van der Waals surface area contributed by atoms with Crippen LogP contribution >= 0.6 is 12.4 Å². The Morgan fingerprint density at radius 1 is 1.30 bits per heavy atom. The van der Waals surface area contributed by atoms with Crippen molar-refractivity contribution in [2.75, 3.05) is 19.8 Å². The summed E-state index contributed by atoms with van der Waals surface area (Å²) in [5.41, 5.74) is 7.38. The average molecular weight is 297 g/mol. The zero-order valence-electron chi connectivity index (χ0n) is 11.5. The molecule has 1 amide bonds. The number of hydrogen-bond donors (Lipinski definition) is 1. The fraction of sp³-hybridized carbons (Fsp3) is 0.533. The minimum Gasteiger partial charge on any atom is -0.377 e. The third-order valence-electron chi connectivity index (χ3n) is 4.03. The molecule has 3 rings (SSSR count). The SMILES string of the molecule is Cl.NCc1ccc(C(=O)N2CCOCC2C2CC2)cc1. The second-order valence-corrected chi connectivity index (χ2v) is 5.38. The maximum absolute atomic E-state index is 12.6. The normalized spacial score (nSPS) is 22.2. The summed E-state index contributed by atoms with van der Waals surface area (Å²) in [6, 6.07) is 7.89. The Balaban J connectivity index is 0.00000147. The highest BCUT2D eigenvalue weighted by molar-refractivity contribution is 5.94. The Kier molecular flexibility index (Phi) is 5.02. The molecule has 1 atom stereocenters. The summed E-state index contributed by atoms with van der Waals surface area (Å²) in [6.45, 7) is 2.56. The summed E-state index contributed by atoms with van der Waals surface area (Å²) in [4.78, 5) is 14.6. The van der Waals surface area contributed by atoms with Crippen molar-refractivity contribution in [1.29, 1.82) is 0 Å². The molecule has 20 heavy (non-hydrogen) atoms. The van der Waals surface area contributed by atoms with Gasteiger partial charge in [-0.1, -0.05) is 12.1 Å². The van der Waals surface area contributed by atoms with Crippen molar-refractivity contribution < 1.29 is 9.53 Å². The first kappa shape index (κ1) is 15.3. The van der Waals surface area contributed by atoms with Gasteiger partial charge in [0.25, 0.3) is 5.91 Å². The van der Waals surface area contributed by atoms with Gasteiger partial charge in [-0.05, 0) is 36.5 Å². The Morgan fingerprint density at radius 2 is 2.00 bits per heavy atom. The highest BCUT2D eigenvalue weighted by Gasteiger charge is 2.39. The van der Waals surface area contributed by atoms with Crippen LogP contribution < -0.4 is 5.73 Å². The van der Waals surface area contributed by atoms with Crippen LogP contribution in [0.1, 0.15) is 28.8 Å². The minimum atomic E-state index is 0. The number of ether oxygens (including phenoxy) is 1. The maximum Gasteiger partial charge on any atom is 0.254 e. The molecule has 2 N–H and O–H groups in total. The fourth-order valence-electron chi connectivity index (χ4n) is 2.70. The zero-order chi connectivity index (χ0) is 13.2. The zero-order valence-corrected chi connectivity index (χ0v) is 12.3. The molecule has 1 aromatic carbocycles. The molecular formula is C15H21ClN2O2. The van der Waals surface area contributed by atoms with Crippen LogP contribution in [-0.2, 0) is 11.3 Å². The number of rotatable bonds is 3. The van der Waals surface area contributed by atoms with E-state index in [0.717, 1.165) is 11.1 Å². The molecule has 1 unspecified atom stereocenters. The Bertz CT molecular complexity index is 459. The van der Waals surface area contributed by atoms with E-state index in [1.807, 2.05) is 29.2 Å². The summed E-state index contributed by atoms with van der Waals surface area (Å²) in [6.07, 6.45) is 2.45. The van der Waals surface area contributed by atoms with E-state index >= 15 is 0 Å². The van der Waals surface area contributed by atoms with Gasteiger partial charge >= 0.3 is 0 Å². The molecule has 1 saturated heterocycles. The molecule has 1 saturated carbocycles. The van der Waals surface area contributed by atoms with Gasteiger partial charge in [0, 0.05) is 18.7 Å². The van der Waals surface area contributed by atoms with Crippen LogP contribution in [0.3, 0.4) is 0 Å². The van der Waals surface area contributed by atoms with Gasteiger partial charge in [0.05, 0.1) is 19.3 Å². The number of nitrogens with two attached hydrogens (primary N) is 1. The highest BCUT2D eigenvalue weighted by Crippen LogP contribution is 2.37. The standard InChI is InChI=1S/C15H20N2O2.ClH/c16-9-11-1-3-13(4-2-11)15(18)17-7-8-19-10-14(17)12-5-6-12;/h1-4,12,14H,5-10,16H2;1H. The number of carbonyl (C=O) groups excluding carboxylic acids is 1. The molecule has 0 aromatic heterocycles. The molecule has 0 radical (unpaired) electrons. The Labute approximate surface area is 125 Å². The molecular weight excluding hydrogens is 276 g/mol. The average Bonchev–Trinajstić information content (AvgIpc) is 3.31. The monoisotopic (exact) mass is 296 g/mol. The van der Waals surface area contributed by atoms with Crippen LogP contribution in [0.25, 0.3) is 0 Å². The van der Waals surface area contributed by atoms with Crippen molar-refractivity contribution in [3.8, 4) is 0 Å². The maximum atomic E-state index is 12.6. The van der Waals surface area contributed by atoms with Crippen LogP contribution in [0.2, 0.25) is 0 Å². The first-order valence-corrected chi connectivity index (χ1v) is 6.97. The summed E-state index contributed by atoms with van der Waals surface area (Å²) >= 11 is 0. The van der Waals surface area contributed by atoms with Crippen LogP contribution in [0.4, 0.5) is 0 Å². The van der Waals surface area contributed by atoms with E-state index in [0.29, 0.717) is 32.2 Å². The summed E-state index contributed by atoms with van der Waals surface area (Å²) < 4.78 is 5.53. The number of hydrogen-bond acceptors (Lipinski definition) is 3. The molecule has 1 aliphatic carbocycles. The third kappa shape index (κ3) is 3.14. The molecule has 0 bridgehead atoms. The second-order valence-electron chi connectivity index (χ2n) is 5.38. The highest BCUT2D eigenvalue weighted by atomic mass is 35.5. The van der Waals surface area contributed by atoms with Crippen molar-refractivity contribution in [1.82, 2.24) is 4.90 Å². The molecule has 1 aromatic rings. The molecule has 0 spiro atoms. The molecule has 2 aliphatic rings. The van der Waals surface area contributed by atoms with E-state index in [-0.39, 0.29) is 24.4 Å². The fourth-order valence-corrected chi connectivity index (χ4v) is 2.70. The minimum absolute atomic E-state index is 0. The molecule has 1 aliphatic heterocycles. The van der Waals surface area contributed by atoms with Gasteiger partial charge in [-0.2, -0.15) is 0 Å². The van der Waals surface area contributed by atoms with E-state index < -0.39 is 0 Å². The van der Waals surface area contributed by atoms with E-state index in [9.17, 15) is 4.79 Å². The van der Waals surface area contributed by atoms with Crippen LogP contribution in [0, 0.1) is 5.92 Å². The lowest BCUT2D eigenvalue weighted by Gasteiger charge is -2.36. The Morgan fingerprint density at radius 3 is 2.60 bits per heavy atom. The van der Waals surface area contributed by atoms with Crippen molar-refractivity contribution in [2.24, 2.45) is 11.7 Å². The number of nitrogens with zero attached hydrogens (tertiary/aromatic N) is 1. The second kappa shape index (κ2) is 6.57. The van der Waals surface area contributed by atoms with Crippen molar-refractivity contribution in [2.45, 2.75) is 25.4 Å². The molecule has 5 heteroatoms. The van der Waals surface area contributed by atoms with E-state index in [2.05, 4.69) is 0 Å². The first-order chi connectivity index (χ1) is 9.29. The van der Waals surface area contributed by atoms with Crippen molar-refractivity contribution in [3.05, 3.63) is 35.4 Å². The van der Waals surface area contributed by atoms with Gasteiger partial charge in [0.2, 0.25) is 0 Å². The lowest BCUT2D eigenvalue weighted by Crippen LogP contribution is -2.49.